The molecule has 3 aromatic carbocycles. The molecule has 4 aliphatic rings. The van der Waals surface area contributed by atoms with E-state index in [9.17, 15) is 9.90 Å². The molecule has 1 saturated carbocycles. The Balaban J connectivity index is 1.24. The number of amides is 1. The number of piperidine rings is 1. The van der Waals surface area contributed by atoms with Crippen molar-refractivity contribution in [2.24, 2.45) is 11.8 Å². The number of hydrogen-bond donors (Lipinski definition) is 1. The van der Waals surface area contributed by atoms with Gasteiger partial charge in [0.15, 0.2) is 11.5 Å². The SMILES string of the molecule is COc1ccc2c3c1O[C@H]1[C@@H](N(CC(C)C)C(=O)C=Cc4cccc(C)c4)CC[C@H]4[C@@H](C2)N(CC(O)c2ccccc2)CC[C@@]341. The number of benzene rings is 3. The highest BCUT2D eigenvalue weighted by Gasteiger charge is 2.66. The van der Waals surface area contributed by atoms with Gasteiger partial charge in [0.05, 0.1) is 19.3 Å². The summed E-state index contributed by atoms with van der Waals surface area (Å²) in [7, 11) is 1.72. The number of β-amino-alcohol motifs (C(OH)–C–C–N with tert-alkyl or cyclic N) is 1. The van der Waals surface area contributed by atoms with Crippen molar-refractivity contribution < 1.29 is 19.4 Å². The molecule has 2 fully saturated rings. The molecule has 2 aliphatic carbocycles. The molecule has 7 rings (SSSR count). The molecule has 6 nitrogen and oxygen atoms in total. The number of rotatable bonds is 9. The fourth-order valence-corrected chi connectivity index (χ4v) is 9.12. The minimum atomic E-state index is -0.528. The van der Waals surface area contributed by atoms with Gasteiger partial charge in [0.25, 0.3) is 0 Å². The monoisotopic (exact) mass is 606 g/mol. The highest BCUT2D eigenvalue weighted by atomic mass is 16.5. The van der Waals surface area contributed by atoms with E-state index in [-0.39, 0.29) is 23.5 Å². The molecule has 1 N–H and O–H groups in total. The molecule has 1 spiro atoms. The molecule has 2 bridgehead atoms. The maximum absolute atomic E-state index is 14.1. The summed E-state index contributed by atoms with van der Waals surface area (Å²) >= 11 is 0. The van der Waals surface area contributed by atoms with Crippen LogP contribution in [0.1, 0.15) is 67.0 Å². The van der Waals surface area contributed by atoms with Crippen LogP contribution in [0.25, 0.3) is 6.08 Å². The standard InChI is InChI=1S/C39H46N2O4/c1-25(2)23-41(35(43)18-13-27-10-8-9-26(3)21-27)31-16-15-30-32-22-29-14-17-34(44-4)37-36(29)39(30,38(31)45-37)19-20-40(32)24-33(42)28-11-6-5-7-12-28/h5-14,17-18,21,25,30-33,38,42H,15-16,19-20,22-24H2,1-4H3/t30-,31-,32+,33?,38-,39-/m0/s1. The molecule has 1 saturated heterocycles. The van der Waals surface area contributed by atoms with E-state index in [0.717, 1.165) is 54.9 Å². The normalized spacial score (nSPS) is 27.2. The maximum Gasteiger partial charge on any atom is 0.246 e. The molecular formula is C39H46N2O4. The van der Waals surface area contributed by atoms with Crippen molar-refractivity contribution in [1.29, 1.82) is 0 Å². The van der Waals surface area contributed by atoms with Crippen LogP contribution in [-0.2, 0) is 16.6 Å². The van der Waals surface area contributed by atoms with E-state index in [4.69, 9.17) is 9.47 Å². The zero-order valence-corrected chi connectivity index (χ0v) is 27.0. The summed E-state index contributed by atoms with van der Waals surface area (Å²) in [6.07, 6.45) is 6.83. The second-order valence-electron chi connectivity index (χ2n) is 14.0. The minimum absolute atomic E-state index is 0.0384. The number of carbonyl (C=O) groups excluding carboxylic acids is 1. The smallest absolute Gasteiger partial charge is 0.246 e. The highest BCUT2D eigenvalue weighted by Crippen LogP contribution is 2.64. The predicted octanol–water partition coefficient (Wildman–Crippen LogP) is 6.34. The quantitative estimate of drug-likeness (QED) is 0.288. The van der Waals surface area contributed by atoms with Crippen molar-refractivity contribution in [3.05, 3.63) is 101 Å². The summed E-state index contributed by atoms with van der Waals surface area (Å²) in [6, 6.07) is 22.8. The third-order valence-corrected chi connectivity index (χ3v) is 10.9. The highest BCUT2D eigenvalue weighted by molar-refractivity contribution is 5.92. The van der Waals surface area contributed by atoms with Crippen LogP contribution in [0.15, 0.2) is 72.8 Å². The number of hydrogen-bond acceptors (Lipinski definition) is 5. The number of aryl methyl sites for hydroxylation is 1. The third-order valence-electron chi connectivity index (χ3n) is 10.9. The number of likely N-dealkylation sites (tertiary alicyclic amines) is 1. The molecule has 3 aromatic rings. The second-order valence-corrected chi connectivity index (χ2v) is 14.0. The lowest BCUT2D eigenvalue weighted by molar-refractivity contribution is -0.139. The Morgan fingerprint density at radius 2 is 1.96 bits per heavy atom. The van der Waals surface area contributed by atoms with Gasteiger partial charge in [-0.25, -0.2) is 0 Å². The van der Waals surface area contributed by atoms with Gasteiger partial charge in [-0.3, -0.25) is 9.69 Å². The molecular weight excluding hydrogens is 560 g/mol. The van der Waals surface area contributed by atoms with E-state index in [1.807, 2.05) is 48.5 Å². The van der Waals surface area contributed by atoms with Gasteiger partial charge < -0.3 is 19.5 Å². The summed E-state index contributed by atoms with van der Waals surface area (Å²) in [5, 5.41) is 11.3. The molecule has 0 radical (unpaired) electrons. The van der Waals surface area contributed by atoms with Crippen LogP contribution in [0.3, 0.4) is 0 Å². The van der Waals surface area contributed by atoms with E-state index in [1.54, 1.807) is 13.2 Å². The van der Waals surface area contributed by atoms with Gasteiger partial charge in [-0.15, -0.1) is 0 Å². The van der Waals surface area contributed by atoms with Crippen molar-refractivity contribution in [3.8, 4) is 11.5 Å². The zero-order chi connectivity index (χ0) is 31.3. The lowest BCUT2D eigenvalue weighted by Crippen LogP contribution is -2.69. The van der Waals surface area contributed by atoms with Crippen molar-refractivity contribution in [2.45, 2.75) is 76.2 Å². The lowest BCUT2D eigenvalue weighted by atomic mass is 9.51. The average Bonchev–Trinajstić information content (AvgIpc) is 3.39. The Bertz CT molecular complexity index is 1590. The minimum Gasteiger partial charge on any atom is -0.493 e. The zero-order valence-electron chi connectivity index (χ0n) is 27.0. The van der Waals surface area contributed by atoms with E-state index < -0.39 is 6.10 Å². The number of ether oxygens (including phenoxy) is 2. The van der Waals surface area contributed by atoms with Gasteiger partial charge in [-0.2, -0.15) is 0 Å². The van der Waals surface area contributed by atoms with Crippen molar-refractivity contribution >= 4 is 12.0 Å². The Kier molecular flexibility index (Phi) is 7.99. The summed E-state index contributed by atoms with van der Waals surface area (Å²) in [4.78, 5) is 18.7. The maximum atomic E-state index is 14.1. The van der Waals surface area contributed by atoms with Gasteiger partial charge in [-0.05, 0) is 79.8 Å². The molecule has 0 aromatic heterocycles. The number of nitrogens with zero attached hydrogens (tertiary/aromatic N) is 2. The van der Waals surface area contributed by atoms with E-state index in [2.05, 4.69) is 54.8 Å². The van der Waals surface area contributed by atoms with Crippen LogP contribution in [0, 0.1) is 18.8 Å². The number of aliphatic hydroxyl groups is 1. The topological polar surface area (TPSA) is 62.2 Å². The fraction of sp³-hybridized carbons (Fsp3) is 0.462. The third kappa shape index (κ3) is 5.16. The van der Waals surface area contributed by atoms with E-state index in [0.29, 0.717) is 31.0 Å². The summed E-state index contributed by atoms with van der Waals surface area (Å²) in [5.41, 5.74) is 5.65. The van der Waals surface area contributed by atoms with Gasteiger partial charge in [-0.1, -0.05) is 80.1 Å². The first-order chi connectivity index (χ1) is 21.8. The van der Waals surface area contributed by atoms with Crippen LogP contribution >= 0.6 is 0 Å². The molecule has 2 aliphatic heterocycles. The number of carbonyl (C=O) groups is 1. The van der Waals surface area contributed by atoms with Crippen LogP contribution in [0.2, 0.25) is 0 Å². The predicted molar refractivity (Wildman–Crippen MR) is 177 cm³/mol. The molecule has 2 heterocycles. The van der Waals surface area contributed by atoms with Crippen molar-refractivity contribution in [2.75, 3.05) is 26.7 Å². The number of methoxy groups -OCH3 is 1. The number of aliphatic hydroxyl groups excluding tert-OH is 1. The summed E-state index contributed by atoms with van der Waals surface area (Å²) < 4.78 is 13.0. The van der Waals surface area contributed by atoms with Crippen molar-refractivity contribution in [3.63, 3.8) is 0 Å². The molecule has 45 heavy (non-hydrogen) atoms. The molecule has 1 unspecified atom stereocenters. The van der Waals surface area contributed by atoms with Gasteiger partial charge in [0.2, 0.25) is 5.91 Å². The van der Waals surface area contributed by atoms with Crippen LogP contribution < -0.4 is 9.47 Å². The molecule has 6 heteroatoms. The first kappa shape index (κ1) is 30.1. The first-order valence-corrected chi connectivity index (χ1v) is 16.7. The second kappa shape index (κ2) is 12.0. The summed E-state index contributed by atoms with van der Waals surface area (Å²) in [6.45, 7) is 8.64. The Hall–Kier alpha value is -3.61. The average molecular weight is 607 g/mol. The molecule has 1 amide bonds. The van der Waals surface area contributed by atoms with E-state index in [1.165, 1.54) is 16.7 Å². The van der Waals surface area contributed by atoms with Crippen LogP contribution in [0.4, 0.5) is 0 Å². The largest absolute Gasteiger partial charge is 0.493 e. The molecule has 6 atom stereocenters. The Morgan fingerprint density at radius 1 is 1.13 bits per heavy atom. The van der Waals surface area contributed by atoms with E-state index >= 15 is 0 Å². The molecule has 236 valence electrons. The van der Waals surface area contributed by atoms with Gasteiger partial charge in [0, 0.05) is 36.2 Å². The summed E-state index contributed by atoms with van der Waals surface area (Å²) in [5.74, 6) is 2.44. The Morgan fingerprint density at radius 3 is 2.71 bits per heavy atom. The van der Waals surface area contributed by atoms with Gasteiger partial charge >= 0.3 is 0 Å². The van der Waals surface area contributed by atoms with Crippen LogP contribution in [0.5, 0.6) is 11.5 Å². The lowest BCUT2D eigenvalue weighted by Gasteiger charge is -2.60. The fourth-order valence-electron chi connectivity index (χ4n) is 9.12. The van der Waals surface area contributed by atoms with Crippen LogP contribution in [-0.4, -0.2) is 65.7 Å². The first-order valence-electron chi connectivity index (χ1n) is 16.7. The van der Waals surface area contributed by atoms with Gasteiger partial charge in [0.1, 0.15) is 6.10 Å². The van der Waals surface area contributed by atoms with Crippen molar-refractivity contribution in [1.82, 2.24) is 9.80 Å². The Labute approximate surface area is 267 Å².